The molecule has 2 fully saturated rings. The molecule has 0 spiro atoms. The Morgan fingerprint density at radius 3 is 2.65 bits per heavy atom. The molecule has 23 heavy (non-hydrogen) atoms. The van der Waals surface area contributed by atoms with E-state index in [0.717, 1.165) is 19.4 Å². The Balaban J connectivity index is 1.64. The molecule has 5 nitrogen and oxygen atoms in total. The Morgan fingerprint density at radius 2 is 1.96 bits per heavy atom. The molecule has 0 unspecified atom stereocenters. The smallest absolute Gasteiger partial charge is 0.237 e. The lowest BCUT2D eigenvalue weighted by Gasteiger charge is -2.30. The van der Waals surface area contributed by atoms with Crippen LogP contribution in [0.2, 0.25) is 0 Å². The predicted octanol–water partition coefficient (Wildman–Crippen LogP) is 1.39. The number of hydrogen-bond donors (Lipinski definition) is 0. The quantitative estimate of drug-likeness (QED) is 0.837. The molecule has 3 rings (SSSR count). The second-order valence-corrected chi connectivity index (χ2v) is 8.89. The minimum Gasteiger partial charge on any atom is -0.335 e. The predicted molar refractivity (Wildman–Crippen MR) is 90.0 cm³/mol. The molecule has 1 amide bonds. The van der Waals surface area contributed by atoms with Gasteiger partial charge in [-0.2, -0.15) is 0 Å². The summed E-state index contributed by atoms with van der Waals surface area (Å²) in [5.74, 6) is 0.455. The highest BCUT2D eigenvalue weighted by molar-refractivity contribution is 7.91. The monoisotopic (exact) mass is 336 g/mol. The van der Waals surface area contributed by atoms with Gasteiger partial charge in [0.25, 0.3) is 0 Å². The molecule has 1 aromatic rings. The van der Waals surface area contributed by atoms with Crippen molar-refractivity contribution in [1.29, 1.82) is 0 Å². The van der Waals surface area contributed by atoms with Crippen LogP contribution >= 0.6 is 0 Å². The van der Waals surface area contributed by atoms with Crippen LogP contribution in [0.4, 0.5) is 0 Å². The number of rotatable bonds is 3. The largest absolute Gasteiger partial charge is 0.335 e. The molecule has 2 heterocycles. The fraction of sp³-hybridized carbons (Fsp3) is 0.588. The Hall–Kier alpha value is -1.40. The van der Waals surface area contributed by atoms with Crippen LogP contribution in [0.3, 0.4) is 0 Å². The number of benzene rings is 1. The minimum atomic E-state index is -2.90. The zero-order valence-electron chi connectivity index (χ0n) is 13.6. The lowest BCUT2D eigenvalue weighted by molar-refractivity contribution is -0.133. The third-order valence-electron chi connectivity index (χ3n) is 4.80. The summed E-state index contributed by atoms with van der Waals surface area (Å²) in [4.78, 5) is 16.6. The fourth-order valence-corrected chi connectivity index (χ4v) is 4.76. The summed E-state index contributed by atoms with van der Waals surface area (Å²) in [5, 5.41) is 0. The van der Waals surface area contributed by atoms with E-state index in [2.05, 4.69) is 25.1 Å². The van der Waals surface area contributed by atoms with Gasteiger partial charge < -0.3 is 4.90 Å². The van der Waals surface area contributed by atoms with Gasteiger partial charge in [-0.3, -0.25) is 9.69 Å². The number of nitrogens with zero attached hydrogens (tertiary/aromatic N) is 2. The standard InChI is InChI=1S/C17H24N2O3S/c1-14-4-2-5-15(12-14)16-6-3-7-19(16)17(20)13-18-8-10-23(21,22)11-9-18/h2,4-5,12,16H,3,6-11,13H2,1H3/t16-/m0/s1. The van der Waals surface area contributed by atoms with Gasteiger partial charge >= 0.3 is 0 Å². The number of hydrogen-bond acceptors (Lipinski definition) is 4. The van der Waals surface area contributed by atoms with E-state index in [0.29, 0.717) is 19.6 Å². The van der Waals surface area contributed by atoms with Crippen LogP contribution in [0.5, 0.6) is 0 Å². The first-order chi connectivity index (χ1) is 10.9. The Labute approximate surface area is 138 Å². The van der Waals surface area contributed by atoms with Crippen molar-refractivity contribution in [2.75, 3.05) is 37.7 Å². The van der Waals surface area contributed by atoms with Crippen LogP contribution in [0.1, 0.15) is 30.0 Å². The maximum absolute atomic E-state index is 12.7. The van der Waals surface area contributed by atoms with Crippen molar-refractivity contribution in [1.82, 2.24) is 9.80 Å². The molecular formula is C17H24N2O3S. The Kier molecular flexibility index (Phi) is 4.73. The van der Waals surface area contributed by atoms with Crippen LogP contribution in [0.25, 0.3) is 0 Å². The molecule has 0 radical (unpaired) electrons. The van der Waals surface area contributed by atoms with Gasteiger partial charge in [-0.1, -0.05) is 29.8 Å². The van der Waals surface area contributed by atoms with Crippen LogP contribution in [-0.4, -0.2) is 61.8 Å². The molecule has 6 heteroatoms. The van der Waals surface area contributed by atoms with Gasteiger partial charge in [0.1, 0.15) is 0 Å². The van der Waals surface area contributed by atoms with Gasteiger partial charge in [-0.15, -0.1) is 0 Å². The van der Waals surface area contributed by atoms with E-state index in [1.54, 1.807) is 0 Å². The average molecular weight is 336 g/mol. The number of likely N-dealkylation sites (tertiary alicyclic amines) is 1. The molecule has 126 valence electrons. The summed E-state index contributed by atoms with van der Waals surface area (Å²) in [6, 6.07) is 8.52. The topological polar surface area (TPSA) is 57.7 Å². The van der Waals surface area contributed by atoms with Crippen LogP contribution in [-0.2, 0) is 14.6 Å². The van der Waals surface area contributed by atoms with Crippen molar-refractivity contribution < 1.29 is 13.2 Å². The number of carbonyl (C=O) groups is 1. The summed E-state index contributed by atoms with van der Waals surface area (Å²) in [6.45, 7) is 4.13. The highest BCUT2D eigenvalue weighted by Crippen LogP contribution is 2.32. The van der Waals surface area contributed by atoms with E-state index in [4.69, 9.17) is 0 Å². The first-order valence-electron chi connectivity index (χ1n) is 8.23. The van der Waals surface area contributed by atoms with Gasteiger partial charge in [0.15, 0.2) is 9.84 Å². The van der Waals surface area contributed by atoms with Crippen molar-refractivity contribution in [3.63, 3.8) is 0 Å². The van der Waals surface area contributed by atoms with E-state index in [1.165, 1.54) is 11.1 Å². The van der Waals surface area contributed by atoms with Gasteiger partial charge in [0, 0.05) is 19.6 Å². The zero-order valence-corrected chi connectivity index (χ0v) is 14.4. The van der Waals surface area contributed by atoms with E-state index in [9.17, 15) is 13.2 Å². The molecule has 0 aromatic heterocycles. The van der Waals surface area contributed by atoms with Gasteiger partial charge in [-0.05, 0) is 25.3 Å². The van der Waals surface area contributed by atoms with Crippen LogP contribution < -0.4 is 0 Å². The maximum Gasteiger partial charge on any atom is 0.237 e. The SMILES string of the molecule is Cc1cccc([C@@H]2CCCN2C(=O)CN2CCS(=O)(=O)CC2)c1. The minimum absolute atomic E-state index is 0.119. The maximum atomic E-state index is 12.7. The summed E-state index contributed by atoms with van der Waals surface area (Å²) in [7, 11) is -2.90. The van der Waals surface area contributed by atoms with Crippen molar-refractivity contribution >= 4 is 15.7 Å². The molecule has 0 N–H and O–H groups in total. The molecule has 1 atom stereocenters. The second kappa shape index (κ2) is 6.61. The summed E-state index contributed by atoms with van der Waals surface area (Å²) in [5.41, 5.74) is 2.42. The van der Waals surface area contributed by atoms with Crippen molar-refractivity contribution in [3.05, 3.63) is 35.4 Å². The normalized spacial score (nSPS) is 24.7. The third-order valence-corrected chi connectivity index (χ3v) is 6.41. The number of sulfone groups is 1. The number of aryl methyl sites for hydroxylation is 1. The first kappa shape index (κ1) is 16.5. The van der Waals surface area contributed by atoms with Gasteiger partial charge in [0.2, 0.25) is 5.91 Å². The Bertz CT molecular complexity index is 673. The number of amides is 1. The van der Waals surface area contributed by atoms with E-state index < -0.39 is 9.84 Å². The lowest BCUT2D eigenvalue weighted by Crippen LogP contribution is -2.46. The van der Waals surface area contributed by atoms with Crippen molar-refractivity contribution in [2.24, 2.45) is 0 Å². The van der Waals surface area contributed by atoms with Crippen molar-refractivity contribution in [2.45, 2.75) is 25.8 Å². The molecular weight excluding hydrogens is 312 g/mol. The molecule has 0 aliphatic carbocycles. The molecule has 0 saturated carbocycles. The number of carbonyl (C=O) groups excluding carboxylic acids is 1. The van der Waals surface area contributed by atoms with Crippen molar-refractivity contribution in [3.8, 4) is 0 Å². The van der Waals surface area contributed by atoms with Gasteiger partial charge in [-0.25, -0.2) is 8.42 Å². The van der Waals surface area contributed by atoms with Crippen LogP contribution in [0, 0.1) is 6.92 Å². The highest BCUT2D eigenvalue weighted by atomic mass is 32.2. The summed E-state index contributed by atoms with van der Waals surface area (Å²) < 4.78 is 23.0. The molecule has 0 bridgehead atoms. The van der Waals surface area contributed by atoms with E-state index in [1.807, 2.05) is 15.9 Å². The lowest BCUT2D eigenvalue weighted by atomic mass is 10.0. The molecule has 2 saturated heterocycles. The highest BCUT2D eigenvalue weighted by Gasteiger charge is 2.31. The average Bonchev–Trinajstić information content (AvgIpc) is 2.99. The molecule has 2 aliphatic rings. The second-order valence-electron chi connectivity index (χ2n) is 6.59. The molecule has 2 aliphatic heterocycles. The Morgan fingerprint density at radius 1 is 1.22 bits per heavy atom. The fourth-order valence-electron chi connectivity index (χ4n) is 3.48. The van der Waals surface area contributed by atoms with E-state index in [-0.39, 0.29) is 23.5 Å². The molecule has 1 aromatic carbocycles. The summed E-state index contributed by atoms with van der Waals surface area (Å²) >= 11 is 0. The first-order valence-corrected chi connectivity index (χ1v) is 10.1. The third kappa shape index (κ3) is 3.93. The van der Waals surface area contributed by atoms with E-state index >= 15 is 0 Å². The summed E-state index contributed by atoms with van der Waals surface area (Å²) in [6.07, 6.45) is 2.03. The van der Waals surface area contributed by atoms with Gasteiger partial charge in [0.05, 0.1) is 24.1 Å². The zero-order chi connectivity index (χ0) is 16.4. The van der Waals surface area contributed by atoms with Crippen LogP contribution in [0.15, 0.2) is 24.3 Å².